The molecule has 202 valence electrons. The van der Waals surface area contributed by atoms with Gasteiger partial charge in [-0.25, -0.2) is 19.3 Å². The van der Waals surface area contributed by atoms with Gasteiger partial charge in [0.05, 0.1) is 5.02 Å². The largest absolute Gasteiger partial charge is 0.482 e. The summed E-state index contributed by atoms with van der Waals surface area (Å²) in [4.78, 5) is 29.8. The van der Waals surface area contributed by atoms with Gasteiger partial charge in [0.1, 0.15) is 11.9 Å². The van der Waals surface area contributed by atoms with Gasteiger partial charge in [0.15, 0.2) is 11.6 Å². The van der Waals surface area contributed by atoms with Crippen molar-refractivity contribution in [2.75, 3.05) is 36.8 Å². The third kappa shape index (κ3) is 6.45. The fourth-order valence-corrected chi connectivity index (χ4v) is 4.91. The van der Waals surface area contributed by atoms with Crippen molar-refractivity contribution in [2.24, 2.45) is 5.41 Å². The Morgan fingerprint density at radius 1 is 1.08 bits per heavy atom. The summed E-state index contributed by atoms with van der Waals surface area (Å²) in [6.07, 6.45) is 4.87. The number of aromatic nitrogens is 3. The van der Waals surface area contributed by atoms with Crippen LogP contribution in [0.3, 0.4) is 0 Å². The van der Waals surface area contributed by atoms with Crippen LogP contribution in [0.5, 0.6) is 5.75 Å². The molecule has 1 unspecified atom stereocenters. The molecule has 2 aromatic heterocycles. The first-order chi connectivity index (χ1) is 17.9. The van der Waals surface area contributed by atoms with Crippen molar-refractivity contribution in [3.8, 4) is 16.9 Å². The molecule has 1 fully saturated rings. The molecule has 1 atom stereocenters. The zero-order valence-electron chi connectivity index (χ0n) is 21.8. The normalized spacial score (nSPS) is 14.9. The molecule has 1 aliphatic heterocycles. The number of piperazine rings is 1. The number of carbonyl (C=O) groups excluding carboxylic acids is 1. The number of amides is 1. The van der Waals surface area contributed by atoms with Gasteiger partial charge in [-0.05, 0) is 30.5 Å². The first kappa shape index (κ1) is 27.9. The molecule has 0 spiro atoms. The molecular formula is C27H31Cl2FN6O2. The molecule has 1 amide bonds. The lowest BCUT2D eigenvalue weighted by molar-refractivity contribution is -0.133. The highest BCUT2D eigenvalue weighted by atomic mass is 35.5. The molecule has 1 saturated heterocycles. The minimum Gasteiger partial charge on any atom is -0.482 e. The van der Waals surface area contributed by atoms with Crippen LogP contribution >= 0.6 is 23.2 Å². The van der Waals surface area contributed by atoms with Crippen LogP contribution in [0, 0.1) is 11.2 Å². The minimum atomic E-state index is -0.683. The summed E-state index contributed by atoms with van der Waals surface area (Å²) in [7, 11) is 0. The first-order valence-electron chi connectivity index (χ1n) is 12.3. The van der Waals surface area contributed by atoms with Crippen molar-refractivity contribution in [1.82, 2.24) is 19.9 Å². The average molecular weight is 561 g/mol. The van der Waals surface area contributed by atoms with Crippen LogP contribution in [0.4, 0.5) is 16.2 Å². The molecule has 38 heavy (non-hydrogen) atoms. The van der Waals surface area contributed by atoms with E-state index in [4.69, 9.17) is 33.7 Å². The van der Waals surface area contributed by atoms with Gasteiger partial charge in [-0.3, -0.25) is 4.79 Å². The van der Waals surface area contributed by atoms with Gasteiger partial charge in [-0.15, -0.1) is 0 Å². The van der Waals surface area contributed by atoms with E-state index in [1.54, 1.807) is 31.6 Å². The van der Waals surface area contributed by atoms with Gasteiger partial charge in [-0.1, -0.05) is 44.0 Å². The van der Waals surface area contributed by atoms with Crippen molar-refractivity contribution in [3.05, 3.63) is 58.2 Å². The Morgan fingerprint density at radius 2 is 1.71 bits per heavy atom. The van der Waals surface area contributed by atoms with E-state index in [0.717, 1.165) is 5.56 Å². The number of anilines is 2. The number of nitrogen functional groups attached to an aromatic ring is 1. The summed E-state index contributed by atoms with van der Waals surface area (Å²) in [5.74, 6) is 0.655. The van der Waals surface area contributed by atoms with Crippen LogP contribution < -0.4 is 15.4 Å². The maximum absolute atomic E-state index is 14.0. The summed E-state index contributed by atoms with van der Waals surface area (Å²) in [6.45, 7) is 10.5. The Labute approximate surface area is 231 Å². The highest BCUT2D eigenvalue weighted by Crippen LogP contribution is 2.37. The number of pyridine rings is 1. The number of nitrogens with zero attached hydrogens (tertiary/aromatic N) is 5. The zero-order valence-corrected chi connectivity index (χ0v) is 23.4. The van der Waals surface area contributed by atoms with E-state index in [2.05, 4.69) is 40.6 Å². The van der Waals surface area contributed by atoms with E-state index in [-0.39, 0.29) is 27.2 Å². The predicted molar refractivity (Wildman–Crippen MR) is 148 cm³/mol. The minimum absolute atomic E-state index is 0.0351. The maximum atomic E-state index is 14.0. The van der Waals surface area contributed by atoms with Gasteiger partial charge in [-0.2, -0.15) is 0 Å². The number of hydrogen-bond acceptors (Lipinski definition) is 7. The van der Waals surface area contributed by atoms with Crippen molar-refractivity contribution < 1.29 is 13.9 Å². The molecule has 3 aromatic rings. The van der Waals surface area contributed by atoms with Crippen molar-refractivity contribution in [2.45, 2.75) is 40.2 Å². The number of rotatable bonds is 6. The molecule has 1 aromatic carbocycles. The highest BCUT2D eigenvalue weighted by molar-refractivity contribution is 6.36. The van der Waals surface area contributed by atoms with Crippen LogP contribution in [0.1, 0.15) is 45.8 Å². The molecule has 0 saturated carbocycles. The summed E-state index contributed by atoms with van der Waals surface area (Å²) >= 11 is 12.4. The van der Waals surface area contributed by atoms with Crippen LogP contribution in [0.2, 0.25) is 10.0 Å². The molecule has 0 radical (unpaired) electrons. The third-order valence-electron chi connectivity index (χ3n) is 6.24. The van der Waals surface area contributed by atoms with E-state index in [0.29, 0.717) is 55.4 Å². The molecule has 1 aliphatic rings. The maximum Gasteiger partial charge on any atom is 0.225 e. The van der Waals surface area contributed by atoms with E-state index in [1.165, 1.54) is 12.1 Å². The van der Waals surface area contributed by atoms with Crippen LogP contribution in [0.15, 0.2) is 36.8 Å². The van der Waals surface area contributed by atoms with Gasteiger partial charge >= 0.3 is 0 Å². The quantitative estimate of drug-likeness (QED) is 0.381. The van der Waals surface area contributed by atoms with Crippen LogP contribution in [-0.4, -0.2) is 51.9 Å². The third-order valence-corrected chi connectivity index (χ3v) is 6.95. The Morgan fingerprint density at radius 3 is 2.34 bits per heavy atom. The van der Waals surface area contributed by atoms with E-state index >= 15 is 0 Å². The fourth-order valence-electron chi connectivity index (χ4n) is 4.23. The molecule has 3 heterocycles. The van der Waals surface area contributed by atoms with Gasteiger partial charge in [0.2, 0.25) is 11.9 Å². The lowest BCUT2D eigenvalue weighted by Gasteiger charge is -2.36. The molecule has 0 aliphatic carbocycles. The van der Waals surface area contributed by atoms with Gasteiger partial charge in [0, 0.05) is 72.9 Å². The Hall–Kier alpha value is -3.17. The monoisotopic (exact) mass is 560 g/mol. The molecule has 4 rings (SSSR count). The number of ether oxygens (including phenoxy) is 1. The van der Waals surface area contributed by atoms with E-state index in [9.17, 15) is 9.18 Å². The Bertz CT molecular complexity index is 1310. The fraction of sp³-hybridized carbons (Fsp3) is 0.407. The topological polar surface area (TPSA) is 97.5 Å². The Kier molecular flexibility index (Phi) is 8.28. The molecular weight excluding hydrogens is 530 g/mol. The smallest absolute Gasteiger partial charge is 0.225 e. The number of carbonyl (C=O) groups is 1. The molecule has 2 N–H and O–H groups in total. The lowest BCUT2D eigenvalue weighted by Crippen LogP contribution is -2.49. The SMILES string of the molecule is CC(Oc1cc(-c2cnc(N3CCN(C(=O)CC(C)(C)C)CC3)nc2)cnc1N)c1c(Cl)ccc(F)c1Cl. The summed E-state index contributed by atoms with van der Waals surface area (Å²) < 4.78 is 20.0. The lowest BCUT2D eigenvalue weighted by atomic mass is 9.91. The summed E-state index contributed by atoms with van der Waals surface area (Å²) in [5, 5.41) is 0.186. The number of hydrogen-bond donors (Lipinski definition) is 1. The van der Waals surface area contributed by atoms with Crippen LogP contribution in [0.25, 0.3) is 11.1 Å². The van der Waals surface area contributed by atoms with E-state index < -0.39 is 11.9 Å². The second-order valence-corrected chi connectivity index (χ2v) is 11.3. The van der Waals surface area contributed by atoms with Crippen molar-refractivity contribution >= 4 is 40.9 Å². The highest BCUT2D eigenvalue weighted by Gasteiger charge is 2.26. The van der Waals surface area contributed by atoms with Crippen molar-refractivity contribution in [3.63, 3.8) is 0 Å². The molecule has 0 bridgehead atoms. The second kappa shape index (κ2) is 11.3. The molecule has 11 heteroatoms. The van der Waals surface area contributed by atoms with Crippen molar-refractivity contribution in [1.29, 1.82) is 0 Å². The average Bonchev–Trinajstić information content (AvgIpc) is 2.87. The summed E-state index contributed by atoms with van der Waals surface area (Å²) in [6, 6.07) is 4.35. The van der Waals surface area contributed by atoms with E-state index in [1.807, 2.05) is 4.90 Å². The number of benzene rings is 1. The van der Waals surface area contributed by atoms with Gasteiger partial charge < -0.3 is 20.3 Å². The predicted octanol–water partition coefficient (Wildman–Crippen LogP) is 5.79. The first-order valence-corrected chi connectivity index (χ1v) is 13.1. The standard InChI is InChI=1S/C27H31Cl2FN6O2/c1-16(23-19(28)5-6-20(30)24(23)29)38-21-11-17(13-32-25(21)31)18-14-33-26(34-15-18)36-9-7-35(8-10-36)22(37)12-27(2,3)4/h5-6,11,13-16H,7-10,12H2,1-4H3,(H2,31,32). The summed E-state index contributed by atoms with van der Waals surface area (Å²) in [5.41, 5.74) is 7.75. The van der Waals surface area contributed by atoms with Gasteiger partial charge in [0.25, 0.3) is 0 Å². The zero-order chi connectivity index (χ0) is 27.6. The second-order valence-electron chi connectivity index (χ2n) is 10.5. The molecule has 8 nitrogen and oxygen atoms in total. The number of halogens is 3. The Balaban J connectivity index is 1.44. The van der Waals surface area contributed by atoms with Crippen LogP contribution in [-0.2, 0) is 4.79 Å². The number of nitrogens with two attached hydrogens (primary N) is 1.